The van der Waals surface area contributed by atoms with Crippen LogP contribution < -0.4 is 0 Å². The van der Waals surface area contributed by atoms with E-state index in [1.165, 1.54) is 12.0 Å². The normalized spacial score (nSPS) is 16.8. The summed E-state index contributed by atoms with van der Waals surface area (Å²) in [5, 5.41) is 5.89. The first-order valence-electron chi connectivity index (χ1n) is 7.14. The number of thioether (sulfide) groups is 1. The molecule has 0 amide bonds. The fraction of sp³-hybridized carbons (Fsp3) is 0.312. The zero-order valence-corrected chi connectivity index (χ0v) is 12.7. The molecule has 0 atom stereocenters. The van der Waals surface area contributed by atoms with E-state index < -0.39 is 0 Å². The number of fused-ring (bicyclic) bond motifs is 1. The molecule has 3 aromatic rings. The van der Waals surface area contributed by atoms with Crippen molar-refractivity contribution in [3.05, 3.63) is 54.1 Å². The third-order valence-electron chi connectivity index (χ3n) is 4.41. The van der Waals surface area contributed by atoms with Crippen LogP contribution in [0.4, 0.5) is 0 Å². The molecule has 4 rings (SSSR count). The molecule has 21 heavy (non-hydrogen) atoms. The lowest BCUT2D eigenvalue weighted by atomic mass is 9.63. The Kier molecular flexibility index (Phi) is 2.96. The van der Waals surface area contributed by atoms with E-state index in [2.05, 4.69) is 28.4 Å². The van der Waals surface area contributed by atoms with Crippen LogP contribution in [-0.2, 0) is 5.41 Å². The first-order chi connectivity index (χ1) is 10.3. The molecule has 0 bridgehead atoms. The summed E-state index contributed by atoms with van der Waals surface area (Å²) in [6, 6.07) is 8.27. The maximum Gasteiger partial charge on any atom is 0.155 e. The van der Waals surface area contributed by atoms with E-state index in [1.807, 2.05) is 35.2 Å². The number of nitrogens with zero attached hydrogens (tertiary/aromatic N) is 4. The summed E-state index contributed by atoms with van der Waals surface area (Å²) >= 11 is 1.71. The Morgan fingerprint density at radius 3 is 2.76 bits per heavy atom. The van der Waals surface area contributed by atoms with Gasteiger partial charge in [-0.05, 0) is 36.8 Å². The van der Waals surface area contributed by atoms with Gasteiger partial charge < -0.3 is 0 Å². The molecule has 106 valence electrons. The Morgan fingerprint density at radius 2 is 2.05 bits per heavy atom. The van der Waals surface area contributed by atoms with E-state index in [0.29, 0.717) is 0 Å². The topological polar surface area (TPSA) is 43.1 Å². The molecule has 0 aromatic carbocycles. The van der Waals surface area contributed by atoms with Crippen LogP contribution in [0.15, 0.2) is 47.9 Å². The van der Waals surface area contributed by atoms with E-state index in [0.717, 1.165) is 29.2 Å². The second-order valence-electron chi connectivity index (χ2n) is 5.45. The molecule has 4 nitrogen and oxygen atoms in total. The van der Waals surface area contributed by atoms with Crippen LogP contribution >= 0.6 is 11.8 Å². The predicted molar refractivity (Wildman–Crippen MR) is 83.6 cm³/mol. The van der Waals surface area contributed by atoms with Crippen molar-refractivity contribution in [2.45, 2.75) is 29.7 Å². The zero-order valence-electron chi connectivity index (χ0n) is 11.9. The third-order valence-corrected chi connectivity index (χ3v) is 5.13. The van der Waals surface area contributed by atoms with Gasteiger partial charge in [0.15, 0.2) is 5.65 Å². The number of aromatic nitrogens is 4. The van der Waals surface area contributed by atoms with Crippen LogP contribution in [0.1, 0.15) is 30.5 Å². The first kappa shape index (κ1) is 12.8. The van der Waals surface area contributed by atoms with Crippen molar-refractivity contribution in [2.75, 3.05) is 6.26 Å². The number of pyridine rings is 1. The van der Waals surface area contributed by atoms with Gasteiger partial charge in [-0.3, -0.25) is 0 Å². The lowest BCUT2D eigenvalue weighted by Crippen LogP contribution is -2.36. The van der Waals surface area contributed by atoms with Gasteiger partial charge in [0.2, 0.25) is 0 Å². The van der Waals surface area contributed by atoms with E-state index in [4.69, 9.17) is 5.10 Å². The van der Waals surface area contributed by atoms with Gasteiger partial charge in [0, 0.05) is 30.1 Å². The van der Waals surface area contributed by atoms with Gasteiger partial charge >= 0.3 is 0 Å². The van der Waals surface area contributed by atoms with E-state index in [9.17, 15) is 0 Å². The molecule has 3 aromatic heterocycles. The Labute approximate surface area is 127 Å². The summed E-state index contributed by atoms with van der Waals surface area (Å²) in [7, 11) is 0. The van der Waals surface area contributed by atoms with Gasteiger partial charge in [0.1, 0.15) is 0 Å². The zero-order chi connectivity index (χ0) is 14.3. The first-order valence-corrected chi connectivity index (χ1v) is 8.36. The maximum absolute atomic E-state index is 4.78. The van der Waals surface area contributed by atoms with Crippen molar-refractivity contribution in [1.82, 2.24) is 19.6 Å². The van der Waals surface area contributed by atoms with Crippen LogP contribution in [0.5, 0.6) is 0 Å². The molecule has 0 saturated heterocycles. The quantitative estimate of drug-likeness (QED) is 0.695. The minimum atomic E-state index is 0.0142. The largest absolute Gasteiger partial charge is 0.250 e. The van der Waals surface area contributed by atoms with E-state index >= 15 is 0 Å². The van der Waals surface area contributed by atoms with Gasteiger partial charge in [0.25, 0.3) is 0 Å². The molecule has 1 aliphatic rings. The molecule has 5 heteroatoms. The van der Waals surface area contributed by atoms with Gasteiger partial charge in [-0.2, -0.15) is 5.10 Å². The Hall–Kier alpha value is -1.88. The standard InChI is InChI=1S/C16H16N4S/c1-21-15-12(5-2-8-18-15)16(6-3-7-16)13-11-14-17-9-4-10-20(14)19-13/h2,4-5,8-11H,3,6-7H2,1H3. The summed E-state index contributed by atoms with van der Waals surface area (Å²) in [6.07, 6.45) is 11.2. The molecule has 1 aliphatic carbocycles. The van der Waals surface area contributed by atoms with Crippen molar-refractivity contribution in [1.29, 1.82) is 0 Å². The Balaban J connectivity index is 1.90. The third kappa shape index (κ3) is 1.87. The summed E-state index contributed by atoms with van der Waals surface area (Å²) in [6.45, 7) is 0. The minimum Gasteiger partial charge on any atom is -0.250 e. The molecular formula is C16H16N4S. The van der Waals surface area contributed by atoms with E-state index in [-0.39, 0.29) is 5.41 Å². The lowest BCUT2D eigenvalue weighted by molar-refractivity contribution is 0.287. The highest BCUT2D eigenvalue weighted by atomic mass is 32.2. The number of rotatable bonds is 3. The van der Waals surface area contributed by atoms with Crippen molar-refractivity contribution in [2.24, 2.45) is 0 Å². The van der Waals surface area contributed by atoms with Gasteiger partial charge in [-0.15, -0.1) is 11.8 Å². The SMILES string of the molecule is CSc1ncccc1C1(c2cc3ncccn3n2)CCC1. The molecule has 1 saturated carbocycles. The van der Waals surface area contributed by atoms with E-state index in [1.54, 1.807) is 11.8 Å². The monoisotopic (exact) mass is 296 g/mol. The predicted octanol–water partition coefficient (Wildman–Crippen LogP) is 3.32. The summed E-state index contributed by atoms with van der Waals surface area (Å²) < 4.78 is 1.87. The molecule has 1 fully saturated rings. The Morgan fingerprint density at radius 1 is 1.19 bits per heavy atom. The van der Waals surface area contributed by atoms with Crippen LogP contribution in [0, 0.1) is 0 Å². The molecule has 3 heterocycles. The fourth-order valence-corrected chi connectivity index (χ4v) is 3.83. The number of hydrogen-bond donors (Lipinski definition) is 0. The van der Waals surface area contributed by atoms with Crippen molar-refractivity contribution >= 4 is 17.4 Å². The molecule has 0 N–H and O–H groups in total. The summed E-state index contributed by atoms with van der Waals surface area (Å²) in [5.41, 5.74) is 3.36. The Bertz CT molecular complexity index is 759. The number of hydrogen-bond acceptors (Lipinski definition) is 4. The molecule has 0 radical (unpaired) electrons. The van der Waals surface area contributed by atoms with Crippen LogP contribution in [0.3, 0.4) is 0 Å². The van der Waals surface area contributed by atoms with Crippen molar-refractivity contribution in [3.8, 4) is 0 Å². The van der Waals surface area contributed by atoms with Crippen LogP contribution in [0.2, 0.25) is 0 Å². The van der Waals surface area contributed by atoms with Crippen molar-refractivity contribution in [3.63, 3.8) is 0 Å². The lowest BCUT2D eigenvalue weighted by Gasteiger charge is -2.41. The fourth-order valence-electron chi connectivity index (χ4n) is 3.18. The van der Waals surface area contributed by atoms with Gasteiger partial charge in [-0.1, -0.05) is 12.5 Å². The minimum absolute atomic E-state index is 0.0142. The molecule has 0 aliphatic heterocycles. The maximum atomic E-state index is 4.78. The second kappa shape index (κ2) is 4.84. The molecule has 0 spiro atoms. The molecule has 0 unspecified atom stereocenters. The summed E-state index contributed by atoms with van der Waals surface area (Å²) in [4.78, 5) is 8.93. The highest BCUT2D eigenvalue weighted by Crippen LogP contribution is 2.50. The van der Waals surface area contributed by atoms with Gasteiger partial charge in [-0.25, -0.2) is 14.5 Å². The second-order valence-corrected chi connectivity index (χ2v) is 6.24. The smallest absolute Gasteiger partial charge is 0.155 e. The molecular weight excluding hydrogens is 280 g/mol. The highest BCUT2D eigenvalue weighted by Gasteiger charge is 2.44. The van der Waals surface area contributed by atoms with Gasteiger partial charge in [0.05, 0.1) is 10.7 Å². The van der Waals surface area contributed by atoms with Crippen LogP contribution in [-0.4, -0.2) is 25.8 Å². The average molecular weight is 296 g/mol. The highest BCUT2D eigenvalue weighted by molar-refractivity contribution is 7.98. The van der Waals surface area contributed by atoms with Crippen LogP contribution in [0.25, 0.3) is 5.65 Å². The average Bonchev–Trinajstić information content (AvgIpc) is 2.90. The van der Waals surface area contributed by atoms with Crippen molar-refractivity contribution < 1.29 is 0 Å². The summed E-state index contributed by atoms with van der Waals surface area (Å²) in [5.74, 6) is 0.